The molecule has 0 aliphatic carbocycles. The summed E-state index contributed by atoms with van der Waals surface area (Å²) in [7, 11) is 0. The molecule has 28 heavy (non-hydrogen) atoms. The van der Waals surface area contributed by atoms with Crippen LogP contribution in [0, 0.1) is 0 Å². The molecule has 1 aliphatic rings. The minimum Gasteiger partial charge on any atom is -0.499 e. The molecule has 0 aromatic rings. The van der Waals surface area contributed by atoms with Crippen LogP contribution >= 0.6 is 0 Å². The number of nitrogens with one attached hydrogen (secondary N) is 2. The van der Waals surface area contributed by atoms with Crippen LogP contribution in [0.5, 0.6) is 0 Å². The lowest BCUT2D eigenvalue weighted by Gasteiger charge is -2.21. The first-order valence-corrected chi connectivity index (χ1v) is 7.86. The fourth-order valence-electron chi connectivity index (χ4n) is 1.84. The molecule has 14 heteroatoms. The monoisotopic (exact) mass is 401 g/mol. The van der Waals surface area contributed by atoms with Gasteiger partial charge in [-0.15, -0.1) is 5.11 Å². The standard InChI is InChI=1S/C14H19N5O9/c1-5(15)10(23)16-6(2-3-20)11(24)17-7(14(26)27)4-8(21)28-13-9(22)12(25)18-19-13/h5-7,20H,2-4,15H2,1H3,(H,16,23)(H,17,24)(H,26,27)(H,18,22,25). The van der Waals surface area contributed by atoms with E-state index in [9.17, 15) is 34.2 Å². The van der Waals surface area contributed by atoms with Crippen LogP contribution in [-0.2, 0) is 28.7 Å². The second-order valence-corrected chi connectivity index (χ2v) is 5.60. The van der Waals surface area contributed by atoms with Crippen molar-refractivity contribution in [3.8, 4) is 0 Å². The Morgan fingerprint density at radius 3 is 2.21 bits per heavy atom. The van der Waals surface area contributed by atoms with Gasteiger partial charge in [-0.3, -0.25) is 19.2 Å². The van der Waals surface area contributed by atoms with E-state index in [-0.39, 0.29) is 6.42 Å². The highest BCUT2D eigenvalue weighted by Crippen LogP contribution is 2.16. The van der Waals surface area contributed by atoms with Crippen molar-refractivity contribution in [3.05, 3.63) is 11.6 Å². The summed E-state index contributed by atoms with van der Waals surface area (Å²) < 4.78 is 4.53. The minimum absolute atomic E-state index is 0.232. The third-order valence-corrected chi connectivity index (χ3v) is 3.30. The molecule has 0 aromatic heterocycles. The topological polar surface area (TPSA) is 230 Å². The normalized spacial score (nSPS) is 16.3. The quantitative estimate of drug-likeness (QED) is 0.209. The van der Waals surface area contributed by atoms with Crippen LogP contribution in [0.15, 0.2) is 21.9 Å². The predicted molar refractivity (Wildman–Crippen MR) is 87.1 cm³/mol. The highest BCUT2D eigenvalue weighted by Gasteiger charge is 2.31. The van der Waals surface area contributed by atoms with E-state index in [1.807, 2.05) is 5.32 Å². The highest BCUT2D eigenvalue weighted by molar-refractivity contribution is 5.94. The highest BCUT2D eigenvalue weighted by atomic mass is 16.6. The largest absolute Gasteiger partial charge is 0.499 e. The lowest BCUT2D eigenvalue weighted by molar-refractivity contribution is -0.148. The van der Waals surface area contributed by atoms with E-state index in [0.29, 0.717) is 0 Å². The van der Waals surface area contributed by atoms with Crippen LogP contribution in [-0.4, -0.2) is 69.7 Å². The van der Waals surface area contributed by atoms with E-state index in [1.54, 1.807) is 0 Å². The lowest BCUT2D eigenvalue weighted by Crippen LogP contribution is -2.54. The van der Waals surface area contributed by atoms with E-state index in [1.165, 1.54) is 6.92 Å². The second-order valence-electron chi connectivity index (χ2n) is 5.60. The predicted octanol–water partition coefficient (Wildman–Crippen LogP) is -2.58. The van der Waals surface area contributed by atoms with Crippen molar-refractivity contribution in [1.82, 2.24) is 10.6 Å². The number of aliphatic carboxylic acids is 1. The number of nitrogens with two attached hydrogens (primary N) is 1. The molecule has 154 valence electrons. The van der Waals surface area contributed by atoms with Gasteiger partial charge in [0.25, 0.3) is 11.6 Å². The van der Waals surface area contributed by atoms with Crippen LogP contribution in [0.25, 0.3) is 0 Å². The van der Waals surface area contributed by atoms with Crippen molar-refractivity contribution in [2.24, 2.45) is 16.0 Å². The van der Waals surface area contributed by atoms with Gasteiger partial charge in [-0.05, 0) is 13.3 Å². The summed E-state index contributed by atoms with van der Waals surface area (Å²) in [5.74, 6) is -7.49. The molecule has 1 aliphatic heterocycles. The zero-order valence-corrected chi connectivity index (χ0v) is 14.6. The maximum atomic E-state index is 12.2. The van der Waals surface area contributed by atoms with Gasteiger partial charge in [0.1, 0.15) is 12.1 Å². The number of rotatable bonds is 10. The molecular formula is C14H19N5O9. The number of carboxylic acid groups (broad SMARTS) is 1. The van der Waals surface area contributed by atoms with Crippen LogP contribution in [0.2, 0.25) is 0 Å². The maximum absolute atomic E-state index is 12.2. The summed E-state index contributed by atoms with van der Waals surface area (Å²) in [6.07, 6.45) is -1.13. The van der Waals surface area contributed by atoms with Crippen LogP contribution in [0.1, 0.15) is 19.8 Å². The molecule has 0 fully saturated rings. The number of aliphatic hydroxyl groups excluding tert-OH is 2. The number of esters is 1. The number of azo groups is 1. The van der Waals surface area contributed by atoms with Gasteiger partial charge in [0.05, 0.1) is 12.5 Å². The average Bonchev–Trinajstić information content (AvgIpc) is 2.92. The van der Waals surface area contributed by atoms with E-state index < -0.39 is 72.5 Å². The smallest absolute Gasteiger partial charge is 0.336 e. The first-order chi connectivity index (χ1) is 13.1. The summed E-state index contributed by atoms with van der Waals surface area (Å²) in [4.78, 5) is 57.9. The SMILES string of the molecule is CC(N)C(=O)NC(CCO)C(=O)NC(CC(=O)OC1=C(O)C(=O)N=N1)C(=O)O. The summed E-state index contributed by atoms with van der Waals surface area (Å²) in [5, 5.41) is 37.7. The molecule has 3 amide bonds. The number of amides is 3. The summed E-state index contributed by atoms with van der Waals surface area (Å²) in [6.45, 7) is 0.859. The van der Waals surface area contributed by atoms with Gasteiger partial charge >= 0.3 is 17.8 Å². The molecule has 7 N–H and O–H groups in total. The molecule has 0 spiro atoms. The molecule has 3 unspecified atom stereocenters. The molecule has 1 rings (SSSR count). The summed E-state index contributed by atoms with van der Waals surface area (Å²) in [5.41, 5.74) is 5.37. The van der Waals surface area contributed by atoms with E-state index >= 15 is 0 Å². The van der Waals surface area contributed by atoms with Gasteiger partial charge in [0.2, 0.25) is 11.8 Å². The number of carbonyl (C=O) groups excluding carboxylic acids is 4. The zero-order chi connectivity index (χ0) is 21.4. The Kier molecular flexibility index (Phi) is 8.15. The number of hydrogen-bond donors (Lipinski definition) is 6. The lowest BCUT2D eigenvalue weighted by atomic mass is 10.1. The molecule has 0 radical (unpaired) electrons. The Hall–Kier alpha value is -3.39. The van der Waals surface area contributed by atoms with Gasteiger partial charge in [0, 0.05) is 6.61 Å². The van der Waals surface area contributed by atoms with Crippen molar-refractivity contribution in [1.29, 1.82) is 0 Å². The average molecular weight is 401 g/mol. The van der Waals surface area contributed by atoms with Crippen molar-refractivity contribution in [2.75, 3.05) is 6.61 Å². The fraction of sp³-hybridized carbons (Fsp3) is 0.500. The van der Waals surface area contributed by atoms with Crippen molar-refractivity contribution >= 4 is 29.7 Å². The third kappa shape index (κ3) is 6.40. The fourth-order valence-corrected chi connectivity index (χ4v) is 1.84. The number of carbonyl (C=O) groups is 5. The molecule has 1 heterocycles. The van der Waals surface area contributed by atoms with E-state index in [0.717, 1.165) is 0 Å². The summed E-state index contributed by atoms with van der Waals surface area (Å²) >= 11 is 0. The molecule has 0 saturated carbocycles. The maximum Gasteiger partial charge on any atom is 0.336 e. The second kappa shape index (κ2) is 10.1. The Bertz CT molecular complexity index is 731. The van der Waals surface area contributed by atoms with Crippen molar-refractivity contribution < 1.29 is 44.0 Å². The van der Waals surface area contributed by atoms with Gasteiger partial charge < -0.3 is 36.4 Å². The Morgan fingerprint density at radius 2 is 1.75 bits per heavy atom. The first-order valence-electron chi connectivity index (χ1n) is 7.86. The molecular weight excluding hydrogens is 382 g/mol. The Labute approximate surface area is 157 Å². The minimum atomic E-state index is -1.77. The third-order valence-electron chi connectivity index (χ3n) is 3.30. The molecule has 14 nitrogen and oxygen atoms in total. The van der Waals surface area contributed by atoms with Crippen LogP contribution in [0.3, 0.4) is 0 Å². The van der Waals surface area contributed by atoms with Gasteiger partial charge in [0.15, 0.2) is 0 Å². The summed E-state index contributed by atoms with van der Waals surface area (Å²) in [6, 6.07) is -4.02. The number of carboxylic acids is 1. The molecule has 0 aromatic carbocycles. The first kappa shape index (κ1) is 22.7. The van der Waals surface area contributed by atoms with E-state index in [4.69, 9.17) is 10.8 Å². The van der Waals surface area contributed by atoms with Gasteiger partial charge in [-0.25, -0.2) is 4.79 Å². The van der Waals surface area contributed by atoms with Gasteiger partial charge in [-0.2, -0.15) is 0 Å². The Morgan fingerprint density at radius 1 is 1.14 bits per heavy atom. The zero-order valence-electron chi connectivity index (χ0n) is 14.6. The van der Waals surface area contributed by atoms with Crippen LogP contribution in [0.4, 0.5) is 0 Å². The number of nitrogens with zero attached hydrogens (tertiary/aromatic N) is 2. The number of aliphatic hydroxyl groups is 2. The van der Waals surface area contributed by atoms with Crippen molar-refractivity contribution in [3.63, 3.8) is 0 Å². The number of ether oxygens (including phenoxy) is 1. The Balaban J connectivity index is 2.76. The molecule has 3 atom stereocenters. The van der Waals surface area contributed by atoms with Crippen LogP contribution < -0.4 is 16.4 Å². The number of hydrogen-bond acceptors (Lipinski definition) is 10. The van der Waals surface area contributed by atoms with Gasteiger partial charge in [-0.1, -0.05) is 5.11 Å². The van der Waals surface area contributed by atoms with E-state index in [2.05, 4.69) is 20.3 Å². The van der Waals surface area contributed by atoms with Crippen molar-refractivity contribution in [2.45, 2.75) is 37.9 Å². The molecule has 0 saturated heterocycles. The molecule has 0 bridgehead atoms.